The van der Waals surface area contributed by atoms with Gasteiger partial charge in [0.15, 0.2) is 5.82 Å². The van der Waals surface area contributed by atoms with Crippen LogP contribution in [-0.2, 0) is 9.47 Å². The lowest BCUT2D eigenvalue weighted by Gasteiger charge is -2.28. The quantitative estimate of drug-likeness (QED) is 0.651. The molecule has 0 saturated carbocycles. The Morgan fingerprint density at radius 1 is 1.06 bits per heavy atom. The molecule has 0 radical (unpaired) electrons. The minimum atomic E-state index is 0.104. The Balaban J connectivity index is 1.39. The third-order valence-electron chi connectivity index (χ3n) is 5.72. The second kappa shape index (κ2) is 9.55. The van der Waals surface area contributed by atoms with Crippen molar-refractivity contribution in [2.24, 2.45) is 0 Å². The van der Waals surface area contributed by atoms with Gasteiger partial charge >= 0.3 is 0 Å². The van der Waals surface area contributed by atoms with Crippen LogP contribution in [0.5, 0.6) is 0 Å². The fourth-order valence-corrected chi connectivity index (χ4v) is 4.02. The van der Waals surface area contributed by atoms with E-state index in [-0.39, 0.29) is 6.10 Å². The van der Waals surface area contributed by atoms with E-state index in [1.807, 2.05) is 6.07 Å². The summed E-state index contributed by atoms with van der Waals surface area (Å²) in [6.07, 6.45) is 4.57. The van der Waals surface area contributed by atoms with Gasteiger partial charge in [-0.2, -0.15) is 0 Å². The number of pyridine rings is 1. The van der Waals surface area contributed by atoms with Crippen LogP contribution in [-0.4, -0.2) is 73.6 Å². The minimum Gasteiger partial charge on any atom is -0.378 e. The third kappa shape index (κ3) is 4.76. The predicted octanol–water partition coefficient (Wildman–Crippen LogP) is 2.32. The van der Waals surface area contributed by atoms with Gasteiger partial charge in [-0.3, -0.25) is 4.98 Å². The van der Waals surface area contributed by atoms with Gasteiger partial charge in [-0.25, -0.2) is 9.97 Å². The molecular formula is C23H28N6O2. The molecule has 31 heavy (non-hydrogen) atoms. The smallest absolute Gasteiger partial charge is 0.154 e. The molecule has 3 aromatic rings. The molecule has 2 fully saturated rings. The van der Waals surface area contributed by atoms with Crippen LogP contribution in [0.3, 0.4) is 0 Å². The third-order valence-corrected chi connectivity index (χ3v) is 5.72. The van der Waals surface area contributed by atoms with Crippen molar-refractivity contribution in [3.63, 3.8) is 0 Å². The second-order valence-electron chi connectivity index (χ2n) is 7.86. The standard InChI is InChI=1S/C23H28N6O2/c1-6-24-15-19(31-11-1)16-27-23-22-21(25-7-8-26-22)14-20(28-23)17-2-4-18(5-3-17)29-9-12-30-13-10-29/h2-5,7-8,14,19,24H,1,6,9-13,15-16H2,(H,27,28). The van der Waals surface area contributed by atoms with Crippen LogP contribution in [0.1, 0.15) is 6.42 Å². The molecule has 0 amide bonds. The first-order valence-corrected chi connectivity index (χ1v) is 11.0. The van der Waals surface area contributed by atoms with E-state index < -0.39 is 0 Å². The number of hydrogen-bond donors (Lipinski definition) is 2. The number of anilines is 2. The van der Waals surface area contributed by atoms with Gasteiger partial charge in [0.2, 0.25) is 0 Å². The summed E-state index contributed by atoms with van der Waals surface area (Å²) in [7, 11) is 0. The molecule has 1 aromatic carbocycles. The van der Waals surface area contributed by atoms with Crippen molar-refractivity contribution in [1.29, 1.82) is 0 Å². The van der Waals surface area contributed by atoms with Gasteiger partial charge in [0.25, 0.3) is 0 Å². The molecule has 2 aliphatic rings. The van der Waals surface area contributed by atoms with Crippen LogP contribution < -0.4 is 15.5 Å². The van der Waals surface area contributed by atoms with E-state index in [9.17, 15) is 0 Å². The first-order valence-electron chi connectivity index (χ1n) is 11.0. The Hall–Kier alpha value is -2.81. The van der Waals surface area contributed by atoms with Gasteiger partial charge in [-0.1, -0.05) is 12.1 Å². The van der Waals surface area contributed by atoms with E-state index in [0.29, 0.717) is 6.54 Å². The number of nitrogens with zero attached hydrogens (tertiary/aromatic N) is 4. The predicted molar refractivity (Wildman–Crippen MR) is 122 cm³/mol. The highest BCUT2D eigenvalue weighted by atomic mass is 16.5. The topological polar surface area (TPSA) is 84.4 Å². The summed E-state index contributed by atoms with van der Waals surface area (Å²) in [5.41, 5.74) is 4.75. The summed E-state index contributed by atoms with van der Waals surface area (Å²) >= 11 is 0. The molecule has 0 aliphatic carbocycles. The van der Waals surface area contributed by atoms with Crippen molar-refractivity contribution in [1.82, 2.24) is 20.3 Å². The fraction of sp³-hybridized carbons (Fsp3) is 0.435. The Bertz CT molecular complexity index is 999. The van der Waals surface area contributed by atoms with Crippen molar-refractivity contribution < 1.29 is 9.47 Å². The van der Waals surface area contributed by atoms with Crippen LogP contribution >= 0.6 is 0 Å². The number of ether oxygens (including phenoxy) is 2. The van der Waals surface area contributed by atoms with Crippen LogP contribution in [0.4, 0.5) is 11.5 Å². The van der Waals surface area contributed by atoms with Gasteiger partial charge in [-0.15, -0.1) is 0 Å². The van der Waals surface area contributed by atoms with Crippen molar-refractivity contribution in [2.75, 3.05) is 62.8 Å². The number of nitrogens with one attached hydrogen (secondary N) is 2. The minimum absolute atomic E-state index is 0.104. The summed E-state index contributed by atoms with van der Waals surface area (Å²) in [5.74, 6) is 0.741. The zero-order valence-corrected chi connectivity index (χ0v) is 17.6. The molecule has 0 spiro atoms. The van der Waals surface area contributed by atoms with E-state index in [1.54, 1.807) is 12.4 Å². The molecule has 4 heterocycles. The molecule has 8 nitrogen and oxygen atoms in total. The summed E-state index contributed by atoms with van der Waals surface area (Å²) in [5, 5.41) is 6.87. The lowest BCUT2D eigenvalue weighted by atomic mass is 10.1. The molecule has 162 valence electrons. The molecule has 1 unspecified atom stereocenters. The highest BCUT2D eigenvalue weighted by Gasteiger charge is 2.16. The van der Waals surface area contributed by atoms with Gasteiger partial charge in [0.05, 0.1) is 30.5 Å². The largest absolute Gasteiger partial charge is 0.378 e. The maximum atomic E-state index is 5.92. The molecule has 2 aliphatic heterocycles. The molecule has 8 heteroatoms. The van der Waals surface area contributed by atoms with Crippen LogP contribution in [0.15, 0.2) is 42.7 Å². The maximum absolute atomic E-state index is 5.92. The molecule has 0 bridgehead atoms. The maximum Gasteiger partial charge on any atom is 0.154 e. The Morgan fingerprint density at radius 3 is 2.77 bits per heavy atom. The number of fused-ring (bicyclic) bond motifs is 1. The van der Waals surface area contributed by atoms with Crippen molar-refractivity contribution in [2.45, 2.75) is 12.5 Å². The molecule has 5 rings (SSSR count). The summed E-state index contributed by atoms with van der Waals surface area (Å²) in [4.78, 5) is 16.3. The highest BCUT2D eigenvalue weighted by molar-refractivity contribution is 5.88. The summed E-state index contributed by atoms with van der Waals surface area (Å²) < 4.78 is 11.4. The number of benzene rings is 1. The highest BCUT2D eigenvalue weighted by Crippen LogP contribution is 2.27. The van der Waals surface area contributed by atoms with Crippen molar-refractivity contribution in [3.05, 3.63) is 42.7 Å². The van der Waals surface area contributed by atoms with E-state index in [1.165, 1.54) is 5.69 Å². The van der Waals surface area contributed by atoms with Gasteiger partial charge in [-0.05, 0) is 31.2 Å². The first kappa shape index (κ1) is 20.1. The number of hydrogen-bond acceptors (Lipinski definition) is 8. The van der Waals surface area contributed by atoms with E-state index >= 15 is 0 Å². The Labute approximate surface area is 182 Å². The number of aromatic nitrogens is 3. The zero-order valence-electron chi connectivity index (χ0n) is 17.6. The number of rotatable bonds is 5. The normalized spacial score (nSPS) is 19.9. The van der Waals surface area contributed by atoms with Crippen molar-refractivity contribution >= 4 is 22.5 Å². The fourth-order valence-electron chi connectivity index (χ4n) is 4.02. The Kier molecular flexibility index (Phi) is 6.20. The molecule has 2 N–H and O–H groups in total. The second-order valence-corrected chi connectivity index (χ2v) is 7.86. The average Bonchev–Trinajstić information content (AvgIpc) is 3.12. The molecular weight excluding hydrogens is 392 g/mol. The zero-order chi connectivity index (χ0) is 20.9. The van der Waals surface area contributed by atoms with E-state index in [0.717, 1.165) is 80.5 Å². The summed E-state index contributed by atoms with van der Waals surface area (Å²) in [6, 6.07) is 10.6. The summed E-state index contributed by atoms with van der Waals surface area (Å²) in [6.45, 7) is 6.70. The first-order chi connectivity index (χ1) is 15.4. The van der Waals surface area contributed by atoms with Gasteiger partial charge < -0.3 is 25.0 Å². The van der Waals surface area contributed by atoms with Gasteiger partial charge in [0, 0.05) is 56.4 Å². The van der Waals surface area contributed by atoms with Crippen LogP contribution in [0.2, 0.25) is 0 Å². The number of morpholine rings is 1. The molecule has 2 aromatic heterocycles. The van der Waals surface area contributed by atoms with E-state index in [4.69, 9.17) is 14.5 Å². The lowest BCUT2D eigenvalue weighted by molar-refractivity contribution is 0.0761. The van der Waals surface area contributed by atoms with Crippen LogP contribution in [0, 0.1) is 0 Å². The lowest BCUT2D eigenvalue weighted by Crippen LogP contribution is -2.36. The van der Waals surface area contributed by atoms with Crippen LogP contribution in [0.25, 0.3) is 22.3 Å². The van der Waals surface area contributed by atoms with Gasteiger partial charge in [0.1, 0.15) is 5.52 Å². The SMILES string of the molecule is c1cnc2c(NCC3CNCCCO3)nc(-c3ccc(N4CCOCC4)cc3)cc2n1. The monoisotopic (exact) mass is 420 g/mol. The van der Waals surface area contributed by atoms with E-state index in [2.05, 4.69) is 49.8 Å². The van der Waals surface area contributed by atoms with Crippen molar-refractivity contribution in [3.8, 4) is 11.3 Å². The average molecular weight is 421 g/mol. The molecule has 2 saturated heterocycles. The Morgan fingerprint density at radius 2 is 1.90 bits per heavy atom. The molecule has 1 atom stereocenters.